The monoisotopic (exact) mass is 321 g/mol. The van der Waals surface area contributed by atoms with Crippen molar-refractivity contribution in [2.45, 2.75) is 13.0 Å². The molecule has 1 aromatic carbocycles. The van der Waals surface area contributed by atoms with Crippen LogP contribution in [-0.2, 0) is 4.79 Å². The van der Waals surface area contributed by atoms with Gasteiger partial charge < -0.3 is 25.8 Å². The van der Waals surface area contributed by atoms with Crippen molar-refractivity contribution in [3.63, 3.8) is 0 Å². The standard InChI is InChI=1S/C15H19N3O3S/c1-4-21-11-7-9(5-6-10(11)19)13-12(14(20)16-3)8(2)17-15(22)18-13/h5-7,12-13,19H,2,4H2,1,3H3,(H,16,20)(H2,17,18,22). The normalized spacial score (nSPS) is 20.8. The second kappa shape index (κ2) is 6.65. The Kier molecular flexibility index (Phi) is 4.87. The maximum Gasteiger partial charge on any atom is 0.231 e. The van der Waals surface area contributed by atoms with Crippen molar-refractivity contribution >= 4 is 23.2 Å². The average molecular weight is 321 g/mol. The molecule has 1 aliphatic heterocycles. The molecule has 1 aliphatic rings. The number of aromatic hydroxyl groups is 1. The fourth-order valence-corrected chi connectivity index (χ4v) is 2.68. The van der Waals surface area contributed by atoms with Crippen LogP contribution in [0.1, 0.15) is 18.5 Å². The summed E-state index contributed by atoms with van der Waals surface area (Å²) >= 11 is 5.15. The summed E-state index contributed by atoms with van der Waals surface area (Å²) in [5.74, 6) is -0.288. The Morgan fingerprint density at radius 2 is 2.27 bits per heavy atom. The molecule has 0 aliphatic carbocycles. The minimum absolute atomic E-state index is 0.0532. The molecule has 1 aromatic rings. The summed E-state index contributed by atoms with van der Waals surface area (Å²) in [5, 5.41) is 18.8. The molecule has 1 fully saturated rings. The molecule has 0 aromatic heterocycles. The van der Waals surface area contributed by atoms with Gasteiger partial charge in [-0.1, -0.05) is 12.6 Å². The van der Waals surface area contributed by atoms with Crippen LogP contribution in [0.2, 0.25) is 0 Å². The van der Waals surface area contributed by atoms with Crippen molar-refractivity contribution < 1.29 is 14.6 Å². The molecule has 4 N–H and O–H groups in total. The lowest BCUT2D eigenvalue weighted by Gasteiger charge is -2.35. The first kappa shape index (κ1) is 16.1. The van der Waals surface area contributed by atoms with E-state index in [0.717, 1.165) is 5.56 Å². The Balaban J connectivity index is 2.41. The number of ether oxygens (including phenoxy) is 1. The topological polar surface area (TPSA) is 82.6 Å². The highest BCUT2D eigenvalue weighted by molar-refractivity contribution is 7.80. The number of amides is 1. The van der Waals surface area contributed by atoms with E-state index in [1.54, 1.807) is 19.2 Å². The molecular formula is C15H19N3O3S. The molecule has 0 saturated carbocycles. The fraction of sp³-hybridized carbons (Fsp3) is 0.333. The third-order valence-corrected chi connectivity index (χ3v) is 3.66. The van der Waals surface area contributed by atoms with Crippen molar-refractivity contribution in [3.8, 4) is 11.5 Å². The summed E-state index contributed by atoms with van der Waals surface area (Å²) in [6.07, 6.45) is 0. The first-order valence-electron chi connectivity index (χ1n) is 6.91. The van der Waals surface area contributed by atoms with E-state index >= 15 is 0 Å². The number of hydrogen-bond donors (Lipinski definition) is 4. The van der Waals surface area contributed by atoms with Crippen LogP contribution >= 0.6 is 12.2 Å². The highest BCUT2D eigenvalue weighted by Gasteiger charge is 2.36. The van der Waals surface area contributed by atoms with Gasteiger partial charge in [0.25, 0.3) is 0 Å². The molecule has 0 bridgehead atoms. The van der Waals surface area contributed by atoms with Crippen molar-refractivity contribution in [1.29, 1.82) is 0 Å². The molecular weight excluding hydrogens is 302 g/mol. The van der Waals surface area contributed by atoms with Crippen LogP contribution in [-0.4, -0.2) is 29.8 Å². The van der Waals surface area contributed by atoms with Gasteiger partial charge in [-0.2, -0.15) is 0 Å². The second-order valence-electron chi connectivity index (χ2n) is 4.85. The maximum atomic E-state index is 12.2. The number of phenolic OH excluding ortho intramolecular Hbond substituents is 1. The lowest BCUT2D eigenvalue weighted by molar-refractivity contribution is -0.124. The third-order valence-electron chi connectivity index (χ3n) is 3.44. The molecule has 7 heteroatoms. The Labute approximate surface area is 134 Å². The minimum Gasteiger partial charge on any atom is -0.504 e. The lowest BCUT2D eigenvalue weighted by atomic mass is 9.88. The molecule has 118 valence electrons. The Morgan fingerprint density at radius 1 is 1.55 bits per heavy atom. The van der Waals surface area contributed by atoms with Crippen molar-refractivity contribution in [2.75, 3.05) is 13.7 Å². The van der Waals surface area contributed by atoms with Crippen LogP contribution in [0.25, 0.3) is 0 Å². The number of thiocarbonyl (C=S) groups is 1. The Morgan fingerprint density at radius 3 is 2.91 bits per heavy atom. The number of nitrogens with one attached hydrogen (secondary N) is 3. The van der Waals surface area contributed by atoms with Crippen LogP contribution in [0.3, 0.4) is 0 Å². The number of benzene rings is 1. The first-order chi connectivity index (χ1) is 10.5. The van der Waals surface area contributed by atoms with Gasteiger partial charge in [-0.3, -0.25) is 4.79 Å². The third kappa shape index (κ3) is 3.14. The van der Waals surface area contributed by atoms with Crippen LogP contribution in [0.5, 0.6) is 11.5 Å². The van der Waals surface area contributed by atoms with Gasteiger partial charge in [0.1, 0.15) is 5.92 Å². The second-order valence-corrected chi connectivity index (χ2v) is 5.26. The van der Waals surface area contributed by atoms with E-state index in [1.807, 2.05) is 6.92 Å². The fourth-order valence-electron chi connectivity index (χ4n) is 2.42. The summed E-state index contributed by atoms with van der Waals surface area (Å²) in [6.45, 7) is 6.15. The van der Waals surface area contributed by atoms with Crippen molar-refractivity contribution in [3.05, 3.63) is 36.0 Å². The predicted octanol–water partition coefficient (Wildman–Crippen LogP) is 1.19. The molecule has 2 atom stereocenters. The van der Waals surface area contributed by atoms with Gasteiger partial charge in [-0.25, -0.2) is 0 Å². The molecule has 1 saturated heterocycles. The first-order valence-corrected chi connectivity index (χ1v) is 7.32. The zero-order chi connectivity index (χ0) is 16.3. The van der Waals surface area contributed by atoms with E-state index in [4.69, 9.17) is 17.0 Å². The van der Waals surface area contributed by atoms with E-state index in [9.17, 15) is 9.90 Å². The summed E-state index contributed by atoms with van der Waals surface area (Å²) in [7, 11) is 1.57. The van der Waals surface area contributed by atoms with Crippen molar-refractivity contribution in [2.24, 2.45) is 5.92 Å². The van der Waals surface area contributed by atoms with E-state index in [1.165, 1.54) is 6.07 Å². The zero-order valence-corrected chi connectivity index (χ0v) is 13.3. The molecule has 1 amide bonds. The van der Waals surface area contributed by atoms with Gasteiger partial charge in [0.2, 0.25) is 5.91 Å². The van der Waals surface area contributed by atoms with E-state index in [0.29, 0.717) is 23.2 Å². The van der Waals surface area contributed by atoms with Crippen molar-refractivity contribution in [1.82, 2.24) is 16.0 Å². The van der Waals surface area contributed by atoms with Gasteiger partial charge in [-0.15, -0.1) is 0 Å². The molecule has 2 rings (SSSR count). The van der Waals surface area contributed by atoms with Crippen LogP contribution in [0.4, 0.5) is 0 Å². The van der Waals surface area contributed by atoms with Gasteiger partial charge in [0, 0.05) is 12.7 Å². The summed E-state index contributed by atoms with van der Waals surface area (Å²) in [6, 6.07) is 4.58. The lowest BCUT2D eigenvalue weighted by Crippen LogP contribution is -2.52. The number of hydrogen-bond acceptors (Lipinski definition) is 4. The van der Waals surface area contributed by atoms with Gasteiger partial charge in [0.05, 0.1) is 12.6 Å². The van der Waals surface area contributed by atoms with Crippen LogP contribution < -0.4 is 20.7 Å². The minimum atomic E-state index is -0.532. The quantitative estimate of drug-likeness (QED) is 0.624. The Hall–Kier alpha value is -2.28. The summed E-state index contributed by atoms with van der Waals surface area (Å²) in [5.41, 5.74) is 1.30. The molecule has 22 heavy (non-hydrogen) atoms. The zero-order valence-electron chi connectivity index (χ0n) is 12.5. The van der Waals surface area contributed by atoms with E-state index in [2.05, 4.69) is 22.5 Å². The number of carbonyl (C=O) groups is 1. The van der Waals surface area contributed by atoms with Gasteiger partial charge >= 0.3 is 0 Å². The predicted molar refractivity (Wildman–Crippen MR) is 87.6 cm³/mol. The number of phenols is 1. The number of rotatable bonds is 4. The highest BCUT2D eigenvalue weighted by atomic mass is 32.1. The highest BCUT2D eigenvalue weighted by Crippen LogP contribution is 2.34. The average Bonchev–Trinajstić information content (AvgIpc) is 2.48. The van der Waals surface area contributed by atoms with Crippen LogP contribution in [0, 0.1) is 5.92 Å². The SMILES string of the molecule is C=C1NC(=S)NC(c2ccc(O)c(OCC)c2)C1C(=O)NC. The van der Waals surface area contributed by atoms with Gasteiger partial charge in [-0.05, 0) is 36.8 Å². The molecule has 6 nitrogen and oxygen atoms in total. The van der Waals surface area contributed by atoms with Gasteiger partial charge in [0.15, 0.2) is 16.6 Å². The van der Waals surface area contributed by atoms with Crippen LogP contribution in [0.15, 0.2) is 30.5 Å². The molecule has 2 unspecified atom stereocenters. The maximum absolute atomic E-state index is 12.2. The number of carbonyl (C=O) groups excluding carboxylic acids is 1. The van der Waals surface area contributed by atoms with E-state index in [-0.39, 0.29) is 17.7 Å². The Bertz CT molecular complexity index is 618. The van der Waals surface area contributed by atoms with E-state index < -0.39 is 5.92 Å². The molecule has 0 radical (unpaired) electrons. The molecule has 1 heterocycles. The molecule has 0 spiro atoms. The summed E-state index contributed by atoms with van der Waals surface area (Å²) < 4.78 is 5.39. The smallest absolute Gasteiger partial charge is 0.231 e. The summed E-state index contributed by atoms with van der Waals surface area (Å²) in [4.78, 5) is 12.2. The largest absolute Gasteiger partial charge is 0.504 e.